The number of carbonyl (C=O) groups is 2. The van der Waals surface area contributed by atoms with Crippen molar-refractivity contribution in [2.45, 2.75) is 45.6 Å². The van der Waals surface area contributed by atoms with Gasteiger partial charge in [-0.1, -0.05) is 31.2 Å². The molecule has 2 aliphatic carbocycles. The molecule has 0 heterocycles. The molecule has 0 aliphatic heterocycles. The van der Waals surface area contributed by atoms with Crippen LogP contribution in [0.4, 0.5) is 0 Å². The molecule has 3 rings (SSSR count). The second-order valence-corrected chi connectivity index (χ2v) is 7.05. The van der Waals surface area contributed by atoms with E-state index in [1.807, 2.05) is 19.1 Å². The number of carboxylic acids is 1. The van der Waals surface area contributed by atoms with Crippen LogP contribution in [-0.2, 0) is 16.0 Å². The first-order valence-electron chi connectivity index (χ1n) is 8.63. The van der Waals surface area contributed by atoms with Crippen LogP contribution in [0.3, 0.4) is 0 Å². The molecule has 0 radical (unpaired) electrons. The lowest BCUT2D eigenvalue weighted by Crippen LogP contribution is -2.42. The number of benzene rings is 1. The van der Waals surface area contributed by atoms with Gasteiger partial charge >= 0.3 is 5.97 Å². The van der Waals surface area contributed by atoms with E-state index in [1.54, 1.807) is 0 Å². The van der Waals surface area contributed by atoms with Crippen LogP contribution in [0.1, 0.15) is 50.3 Å². The summed E-state index contributed by atoms with van der Waals surface area (Å²) in [6.07, 6.45) is 3.84. The third kappa shape index (κ3) is 2.99. The highest BCUT2D eigenvalue weighted by molar-refractivity contribution is 5.86. The smallest absolute Gasteiger partial charge is 0.307 e. The Morgan fingerprint density at radius 1 is 1.17 bits per heavy atom. The molecule has 4 nitrogen and oxygen atoms in total. The molecule has 2 aliphatic rings. The van der Waals surface area contributed by atoms with Crippen molar-refractivity contribution in [1.82, 2.24) is 5.32 Å². The highest BCUT2D eigenvalue weighted by atomic mass is 16.4. The van der Waals surface area contributed by atoms with Gasteiger partial charge < -0.3 is 10.4 Å². The topological polar surface area (TPSA) is 66.4 Å². The minimum Gasteiger partial charge on any atom is -0.481 e. The second-order valence-electron chi connectivity index (χ2n) is 7.05. The minimum absolute atomic E-state index is 0.0864. The van der Waals surface area contributed by atoms with Gasteiger partial charge in [0.05, 0.1) is 17.9 Å². The van der Waals surface area contributed by atoms with Crippen LogP contribution in [-0.4, -0.2) is 17.0 Å². The van der Waals surface area contributed by atoms with Crippen molar-refractivity contribution in [3.8, 4) is 0 Å². The molecule has 2 saturated carbocycles. The summed E-state index contributed by atoms with van der Waals surface area (Å²) < 4.78 is 0. The lowest BCUT2D eigenvalue weighted by Gasteiger charge is -2.28. The molecule has 2 N–H and O–H groups in total. The Balaban J connectivity index is 1.69. The van der Waals surface area contributed by atoms with Gasteiger partial charge in [-0.25, -0.2) is 0 Å². The number of fused-ring (bicyclic) bond motifs is 2. The summed E-state index contributed by atoms with van der Waals surface area (Å²) in [7, 11) is 0. The summed E-state index contributed by atoms with van der Waals surface area (Å²) in [6.45, 7) is 4.07. The van der Waals surface area contributed by atoms with E-state index in [4.69, 9.17) is 0 Å². The van der Waals surface area contributed by atoms with Crippen LogP contribution in [0.2, 0.25) is 0 Å². The number of nitrogens with one attached hydrogen (secondary N) is 1. The maximum Gasteiger partial charge on any atom is 0.307 e. The molecule has 5 atom stereocenters. The van der Waals surface area contributed by atoms with Gasteiger partial charge in [-0.2, -0.15) is 0 Å². The molecule has 1 aromatic rings. The molecule has 124 valence electrons. The molecule has 1 amide bonds. The lowest BCUT2D eigenvalue weighted by molar-refractivity contribution is -0.149. The van der Waals surface area contributed by atoms with Crippen molar-refractivity contribution >= 4 is 11.9 Å². The van der Waals surface area contributed by atoms with Gasteiger partial charge in [0, 0.05) is 0 Å². The molecule has 0 spiro atoms. The maximum absolute atomic E-state index is 12.7. The van der Waals surface area contributed by atoms with Crippen molar-refractivity contribution in [3.05, 3.63) is 35.4 Å². The van der Waals surface area contributed by atoms with E-state index >= 15 is 0 Å². The van der Waals surface area contributed by atoms with Crippen LogP contribution >= 0.6 is 0 Å². The highest BCUT2D eigenvalue weighted by Gasteiger charge is 2.54. The van der Waals surface area contributed by atoms with Crippen molar-refractivity contribution in [3.63, 3.8) is 0 Å². The Morgan fingerprint density at radius 3 is 2.35 bits per heavy atom. The van der Waals surface area contributed by atoms with Crippen molar-refractivity contribution < 1.29 is 14.7 Å². The van der Waals surface area contributed by atoms with Crippen LogP contribution in [0, 0.1) is 23.7 Å². The number of amides is 1. The van der Waals surface area contributed by atoms with Crippen LogP contribution < -0.4 is 5.32 Å². The maximum atomic E-state index is 12.7. The van der Waals surface area contributed by atoms with E-state index in [0.29, 0.717) is 0 Å². The quantitative estimate of drug-likeness (QED) is 0.877. The number of carboxylic acid groups (broad SMARTS) is 1. The SMILES string of the molecule is CCc1ccc([C@H](C)NC(=O)[C@H]2[C@H]3CC[C@@H](C3)[C@@H]2C(=O)O)cc1. The fourth-order valence-electron chi connectivity index (χ4n) is 4.46. The Hall–Kier alpha value is -1.84. The largest absolute Gasteiger partial charge is 0.481 e. The zero-order valence-corrected chi connectivity index (χ0v) is 13.8. The highest BCUT2D eigenvalue weighted by Crippen LogP contribution is 2.52. The monoisotopic (exact) mass is 315 g/mol. The first-order valence-corrected chi connectivity index (χ1v) is 8.63. The standard InChI is InChI=1S/C19H25NO3/c1-3-12-4-6-13(7-5-12)11(2)20-18(21)16-14-8-9-15(10-14)17(16)19(22)23/h4-7,11,14-17H,3,8-10H2,1-2H3,(H,20,21)(H,22,23)/t11-,14-,15-,16-,17-/m0/s1. The predicted molar refractivity (Wildman–Crippen MR) is 87.8 cm³/mol. The number of rotatable bonds is 5. The summed E-state index contributed by atoms with van der Waals surface area (Å²) in [4.78, 5) is 24.2. The summed E-state index contributed by atoms with van der Waals surface area (Å²) >= 11 is 0. The normalized spacial score (nSPS) is 30.2. The number of hydrogen-bond donors (Lipinski definition) is 2. The average molecular weight is 315 g/mol. The first kappa shape index (κ1) is 16.0. The molecule has 2 bridgehead atoms. The molecule has 4 heteroatoms. The Kier molecular flexibility index (Phi) is 4.42. The third-order valence-corrected chi connectivity index (χ3v) is 5.75. The van der Waals surface area contributed by atoms with E-state index in [1.165, 1.54) is 5.56 Å². The van der Waals surface area contributed by atoms with E-state index < -0.39 is 11.9 Å². The molecule has 23 heavy (non-hydrogen) atoms. The lowest BCUT2D eigenvalue weighted by atomic mass is 9.78. The second kappa shape index (κ2) is 6.34. The number of aryl methyl sites for hydroxylation is 1. The Morgan fingerprint density at radius 2 is 1.78 bits per heavy atom. The molecule has 0 unspecified atom stereocenters. The number of aliphatic carboxylic acids is 1. The fourth-order valence-corrected chi connectivity index (χ4v) is 4.46. The average Bonchev–Trinajstić information content (AvgIpc) is 3.15. The zero-order chi connectivity index (χ0) is 16.6. The van der Waals surface area contributed by atoms with E-state index in [9.17, 15) is 14.7 Å². The third-order valence-electron chi connectivity index (χ3n) is 5.75. The number of carbonyl (C=O) groups excluding carboxylic acids is 1. The van der Waals surface area contributed by atoms with E-state index in [-0.39, 0.29) is 29.7 Å². The molecular weight excluding hydrogens is 290 g/mol. The van der Waals surface area contributed by atoms with Crippen LogP contribution in [0.5, 0.6) is 0 Å². The van der Waals surface area contributed by atoms with Crippen LogP contribution in [0.15, 0.2) is 24.3 Å². The molecule has 0 saturated heterocycles. The van der Waals surface area contributed by atoms with Gasteiger partial charge in [-0.15, -0.1) is 0 Å². The summed E-state index contributed by atoms with van der Waals surface area (Å²) in [6, 6.07) is 8.14. The minimum atomic E-state index is -0.808. The Labute approximate surface area is 137 Å². The molecule has 2 fully saturated rings. The van der Waals surface area contributed by atoms with Crippen molar-refractivity contribution in [2.24, 2.45) is 23.7 Å². The van der Waals surface area contributed by atoms with Crippen molar-refractivity contribution in [1.29, 1.82) is 0 Å². The predicted octanol–water partition coefficient (Wildman–Crippen LogP) is 3.17. The summed E-state index contributed by atoms with van der Waals surface area (Å²) in [5, 5.41) is 12.5. The fraction of sp³-hybridized carbons (Fsp3) is 0.579. The van der Waals surface area contributed by atoms with E-state index in [2.05, 4.69) is 24.4 Å². The Bertz CT molecular complexity index is 595. The van der Waals surface area contributed by atoms with Gasteiger partial charge in [0.15, 0.2) is 0 Å². The van der Waals surface area contributed by atoms with Gasteiger partial charge in [0.25, 0.3) is 0 Å². The van der Waals surface area contributed by atoms with Gasteiger partial charge in [0.1, 0.15) is 0 Å². The van der Waals surface area contributed by atoms with Crippen LogP contribution in [0.25, 0.3) is 0 Å². The molecule has 1 aromatic carbocycles. The van der Waals surface area contributed by atoms with Gasteiger partial charge in [-0.05, 0) is 55.6 Å². The molecular formula is C19H25NO3. The van der Waals surface area contributed by atoms with Crippen molar-refractivity contribution in [2.75, 3.05) is 0 Å². The zero-order valence-electron chi connectivity index (χ0n) is 13.8. The van der Waals surface area contributed by atoms with E-state index in [0.717, 1.165) is 31.2 Å². The molecule has 0 aromatic heterocycles. The summed E-state index contributed by atoms with van der Waals surface area (Å²) in [5.41, 5.74) is 2.33. The van der Waals surface area contributed by atoms with Gasteiger partial charge in [-0.3, -0.25) is 9.59 Å². The summed E-state index contributed by atoms with van der Waals surface area (Å²) in [5.74, 6) is -1.32. The number of hydrogen-bond acceptors (Lipinski definition) is 2. The first-order chi connectivity index (χ1) is 11.0. The van der Waals surface area contributed by atoms with Gasteiger partial charge in [0.2, 0.25) is 5.91 Å².